The maximum Gasteiger partial charge on any atom is 0.260 e. The van der Waals surface area contributed by atoms with Crippen LogP contribution in [0.3, 0.4) is 0 Å². The largest absolute Gasteiger partial charge is 0.481 e. The third-order valence-corrected chi connectivity index (χ3v) is 3.39. The number of carbonyl (C=O) groups is 1. The summed E-state index contributed by atoms with van der Waals surface area (Å²) in [5, 5.41) is 2.94. The summed E-state index contributed by atoms with van der Waals surface area (Å²) in [5.74, 6) is 1.02. The van der Waals surface area contributed by atoms with Crippen LogP contribution in [0.1, 0.15) is 27.7 Å². The predicted molar refractivity (Wildman–Crippen MR) is 76.7 cm³/mol. The van der Waals surface area contributed by atoms with E-state index in [9.17, 15) is 4.79 Å². The number of halogens is 1. The van der Waals surface area contributed by atoms with Crippen LogP contribution in [0.25, 0.3) is 0 Å². The molecule has 1 aromatic rings. The molecular formula is C14H20BrNO2. The molecule has 0 saturated heterocycles. The van der Waals surface area contributed by atoms with E-state index in [1.165, 1.54) is 0 Å². The van der Waals surface area contributed by atoms with Crippen molar-refractivity contribution in [1.29, 1.82) is 0 Å². The Kier molecular flexibility index (Phi) is 5.66. The molecule has 100 valence electrons. The van der Waals surface area contributed by atoms with Gasteiger partial charge in [0, 0.05) is 10.5 Å². The van der Waals surface area contributed by atoms with E-state index >= 15 is 0 Å². The number of nitrogens with one attached hydrogen (secondary N) is 1. The quantitative estimate of drug-likeness (QED) is 0.905. The van der Waals surface area contributed by atoms with Crippen molar-refractivity contribution in [2.75, 3.05) is 0 Å². The Labute approximate surface area is 117 Å². The monoisotopic (exact) mass is 313 g/mol. The van der Waals surface area contributed by atoms with Crippen LogP contribution >= 0.6 is 15.9 Å². The van der Waals surface area contributed by atoms with Gasteiger partial charge in [-0.2, -0.15) is 0 Å². The van der Waals surface area contributed by atoms with Gasteiger partial charge in [0.2, 0.25) is 0 Å². The van der Waals surface area contributed by atoms with Gasteiger partial charge in [0.05, 0.1) is 0 Å². The van der Waals surface area contributed by atoms with Gasteiger partial charge in [0.15, 0.2) is 6.10 Å². The lowest BCUT2D eigenvalue weighted by Gasteiger charge is -2.21. The van der Waals surface area contributed by atoms with E-state index in [4.69, 9.17) is 4.74 Å². The molecule has 0 aromatic heterocycles. The third-order valence-electron chi connectivity index (χ3n) is 2.87. The molecule has 1 rings (SSSR count). The van der Waals surface area contributed by atoms with Crippen LogP contribution < -0.4 is 10.1 Å². The number of carbonyl (C=O) groups excluding carboxylic acids is 1. The second-order valence-corrected chi connectivity index (χ2v) is 5.67. The van der Waals surface area contributed by atoms with Gasteiger partial charge in [-0.25, -0.2) is 0 Å². The Hall–Kier alpha value is -1.03. The number of amides is 1. The van der Waals surface area contributed by atoms with Crippen molar-refractivity contribution < 1.29 is 9.53 Å². The summed E-state index contributed by atoms with van der Waals surface area (Å²) in [7, 11) is 0. The van der Waals surface area contributed by atoms with Crippen LogP contribution in [0.15, 0.2) is 28.7 Å². The minimum atomic E-state index is -0.493. The van der Waals surface area contributed by atoms with Crippen LogP contribution in [0.4, 0.5) is 0 Å². The topological polar surface area (TPSA) is 38.3 Å². The van der Waals surface area contributed by atoms with E-state index in [1.54, 1.807) is 6.92 Å². The highest BCUT2D eigenvalue weighted by molar-refractivity contribution is 9.10. The number of hydrogen-bond donors (Lipinski definition) is 1. The fourth-order valence-electron chi connectivity index (χ4n) is 1.28. The SMILES string of the molecule is CC(C)[C@H](C)NC(=O)[C@H](C)Oc1ccc(Br)cc1. The van der Waals surface area contributed by atoms with Crippen LogP contribution in [-0.4, -0.2) is 18.1 Å². The van der Waals surface area contributed by atoms with Crippen molar-refractivity contribution >= 4 is 21.8 Å². The molecule has 4 heteroatoms. The van der Waals surface area contributed by atoms with E-state index < -0.39 is 6.10 Å². The molecule has 3 nitrogen and oxygen atoms in total. The molecule has 1 N–H and O–H groups in total. The molecule has 0 saturated carbocycles. The summed E-state index contributed by atoms with van der Waals surface area (Å²) < 4.78 is 6.57. The summed E-state index contributed by atoms with van der Waals surface area (Å²) in [5.41, 5.74) is 0. The number of ether oxygens (including phenoxy) is 1. The first-order chi connectivity index (χ1) is 8.40. The van der Waals surface area contributed by atoms with Gasteiger partial charge >= 0.3 is 0 Å². The molecule has 0 aliphatic rings. The summed E-state index contributed by atoms with van der Waals surface area (Å²) in [4.78, 5) is 11.9. The lowest BCUT2D eigenvalue weighted by atomic mass is 10.1. The maximum absolute atomic E-state index is 11.9. The van der Waals surface area contributed by atoms with E-state index in [0.29, 0.717) is 11.7 Å². The number of rotatable bonds is 5. The van der Waals surface area contributed by atoms with Gasteiger partial charge in [-0.1, -0.05) is 29.8 Å². The average Bonchev–Trinajstić information content (AvgIpc) is 2.31. The third kappa shape index (κ3) is 4.69. The minimum Gasteiger partial charge on any atom is -0.481 e. The van der Waals surface area contributed by atoms with Gasteiger partial charge in [-0.15, -0.1) is 0 Å². The molecule has 0 bridgehead atoms. The molecule has 2 atom stereocenters. The molecule has 0 aliphatic heterocycles. The molecule has 18 heavy (non-hydrogen) atoms. The molecule has 1 amide bonds. The van der Waals surface area contributed by atoms with Gasteiger partial charge in [0.25, 0.3) is 5.91 Å². The highest BCUT2D eigenvalue weighted by atomic mass is 79.9. The maximum atomic E-state index is 11.9. The molecule has 0 heterocycles. The van der Waals surface area contributed by atoms with E-state index in [-0.39, 0.29) is 11.9 Å². The molecule has 1 aromatic carbocycles. The summed E-state index contributed by atoms with van der Waals surface area (Å²) in [6.45, 7) is 7.90. The van der Waals surface area contributed by atoms with E-state index in [2.05, 4.69) is 35.1 Å². The Morgan fingerprint density at radius 1 is 1.17 bits per heavy atom. The zero-order valence-corrected chi connectivity index (χ0v) is 12.8. The van der Waals surface area contributed by atoms with Crippen molar-refractivity contribution in [3.8, 4) is 5.75 Å². The van der Waals surface area contributed by atoms with Crippen LogP contribution in [-0.2, 0) is 4.79 Å². The summed E-state index contributed by atoms with van der Waals surface area (Å²) in [6, 6.07) is 7.58. The zero-order chi connectivity index (χ0) is 13.7. The van der Waals surface area contributed by atoms with Crippen molar-refractivity contribution in [2.45, 2.75) is 39.8 Å². The van der Waals surface area contributed by atoms with Gasteiger partial charge in [0.1, 0.15) is 5.75 Å². The average molecular weight is 314 g/mol. The normalized spacial score (nSPS) is 14.1. The van der Waals surface area contributed by atoms with Crippen molar-refractivity contribution in [2.24, 2.45) is 5.92 Å². The molecular weight excluding hydrogens is 294 g/mol. The second-order valence-electron chi connectivity index (χ2n) is 4.76. The molecule has 0 fully saturated rings. The predicted octanol–water partition coefficient (Wildman–Crippen LogP) is 3.38. The van der Waals surface area contributed by atoms with Crippen LogP contribution in [0, 0.1) is 5.92 Å². The van der Waals surface area contributed by atoms with Crippen molar-refractivity contribution in [1.82, 2.24) is 5.32 Å². The van der Waals surface area contributed by atoms with E-state index in [1.807, 2.05) is 31.2 Å². The molecule has 0 unspecified atom stereocenters. The van der Waals surface area contributed by atoms with Crippen molar-refractivity contribution in [3.05, 3.63) is 28.7 Å². The first-order valence-corrected chi connectivity index (χ1v) is 6.92. The van der Waals surface area contributed by atoms with Crippen LogP contribution in [0.5, 0.6) is 5.75 Å². The Morgan fingerprint density at radius 3 is 2.22 bits per heavy atom. The summed E-state index contributed by atoms with van der Waals surface area (Å²) in [6.07, 6.45) is -0.493. The molecule has 0 spiro atoms. The van der Waals surface area contributed by atoms with Gasteiger partial charge in [-0.05, 0) is 44.0 Å². The van der Waals surface area contributed by atoms with Crippen molar-refractivity contribution in [3.63, 3.8) is 0 Å². The highest BCUT2D eigenvalue weighted by Crippen LogP contribution is 2.17. The minimum absolute atomic E-state index is 0.0841. The fourth-order valence-corrected chi connectivity index (χ4v) is 1.54. The van der Waals surface area contributed by atoms with Crippen LogP contribution in [0.2, 0.25) is 0 Å². The van der Waals surface area contributed by atoms with Gasteiger partial charge in [-0.3, -0.25) is 4.79 Å². The second kappa shape index (κ2) is 6.78. The fraction of sp³-hybridized carbons (Fsp3) is 0.500. The highest BCUT2D eigenvalue weighted by Gasteiger charge is 2.18. The lowest BCUT2D eigenvalue weighted by molar-refractivity contribution is -0.128. The first kappa shape index (κ1) is 15.0. The summed E-state index contributed by atoms with van der Waals surface area (Å²) >= 11 is 3.35. The number of benzene rings is 1. The standard InChI is InChI=1S/C14H20BrNO2/c1-9(2)10(3)16-14(17)11(4)18-13-7-5-12(15)6-8-13/h5-11H,1-4H3,(H,16,17)/t10-,11-/m0/s1. The lowest BCUT2D eigenvalue weighted by Crippen LogP contribution is -2.43. The van der Waals surface area contributed by atoms with E-state index in [0.717, 1.165) is 4.47 Å². The molecule has 0 aliphatic carbocycles. The van der Waals surface area contributed by atoms with Gasteiger partial charge < -0.3 is 10.1 Å². The Morgan fingerprint density at radius 2 is 1.72 bits per heavy atom. The Bertz CT molecular complexity index is 389. The first-order valence-electron chi connectivity index (χ1n) is 6.12. The molecule has 0 radical (unpaired) electrons. The number of hydrogen-bond acceptors (Lipinski definition) is 2. The Balaban J connectivity index is 2.52. The zero-order valence-electron chi connectivity index (χ0n) is 11.2. The smallest absolute Gasteiger partial charge is 0.260 e.